The molecule has 0 saturated heterocycles. The zero-order valence-corrected chi connectivity index (χ0v) is 31.9. The fraction of sp³-hybridized carbons (Fsp3) is 0.400. The van der Waals surface area contributed by atoms with Crippen LogP contribution in [0.2, 0.25) is 0 Å². The molecule has 4 rings (SSSR count). The fourth-order valence-electron chi connectivity index (χ4n) is 5.73. The molecule has 0 aliphatic heterocycles. The molecule has 53 heavy (non-hydrogen) atoms. The first-order chi connectivity index (χ1) is 24.9. The van der Waals surface area contributed by atoms with E-state index in [2.05, 4.69) is 16.0 Å². The number of thioether (sulfide) groups is 1. The first kappa shape index (κ1) is 40.6. The summed E-state index contributed by atoms with van der Waals surface area (Å²) in [5, 5.41) is 7.78. The van der Waals surface area contributed by atoms with Crippen LogP contribution < -0.4 is 16.0 Å². The molecule has 3 amide bonds. The van der Waals surface area contributed by atoms with E-state index in [9.17, 15) is 28.8 Å². The molecule has 0 spiro atoms. The van der Waals surface area contributed by atoms with E-state index in [0.717, 1.165) is 39.6 Å². The minimum absolute atomic E-state index is 0.00668. The van der Waals surface area contributed by atoms with Crippen LogP contribution in [0.3, 0.4) is 0 Å². The zero-order valence-electron chi connectivity index (χ0n) is 31.1. The van der Waals surface area contributed by atoms with Crippen molar-refractivity contribution in [1.82, 2.24) is 10.6 Å². The van der Waals surface area contributed by atoms with Crippen molar-refractivity contribution in [3.8, 4) is 11.1 Å². The SMILES string of the molecule is CC(=O)SC[C@@H](Cc1ccc(NC(=O)C(=O)OC(C)(C)C)cc1)NC(=O)[C@H](CC(=O)OC(C)(C)C)NC(=O)OCC1c2ccccc2-c2ccccc21. The van der Waals surface area contributed by atoms with Crippen LogP contribution in [-0.4, -0.2) is 70.6 Å². The molecule has 0 aromatic heterocycles. The fourth-order valence-corrected chi connectivity index (χ4v) is 6.37. The first-order valence-electron chi connectivity index (χ1n) is 17.3. The summed E-state index contributed by atoms with van der Waals surface area (Å²) in [5.41, 5.74) is 3.61. The number of amides is 3. The van der Waals surface area contributed by atoms with Gasteiger partial charge in [-0.1, -0.05) is 72.4 Å². The molecular weight excluding hydrogens is 699 g/mol. The largest absolute Gasteiger partial charge is 0.460 e. The number of benzene rings is 3. The molecule has 2 atom stereocenters. The average Bonchev–Trinajstić information content (AvgIpc) is 3.38. The summed E-state index contributed by atoms with van der Waals surface area (Å²) in [7, 11) is 0. The highest BCUT2D eigenvalue weighted by atomic mass is 32.2. The monoisotopic (exact) mass is 745 g/mol. The lowest BCUT2D eigenvalue weighted by Crippen LogP contribution is -2.52. The summed E-state index contributed by atoms with van der Waals surface area (Å²) in [6.45, 7) is 11.5. The van der Waals surface area contributed by atoms with Gasteiger partial charge in [-0.15, -0.1) is 0 Å². The maximum absolute atomic E-state index is 13.8. The number of anilines is 1. The van der Waals surface area contributed by atoms with Gasteiger partial charge in [-0.2, -0.15) is 0 Å². The number of esters is 2. The predicted molar refractivity (Wildman–Crippen MR) is 202 cm³/mol. The smallest absolute Gasteiger partial charge is 0.407 e. The lowest BCUT2D eigenvalue weighted by Gasteiger charge is -2.25. The second-order valence-electron chi connectivity index (χ2n) is 14.7. The number of carbonyl (C=O) groups is 6. The van der Waals surface area contributed by atoms with E-state index in [1.165, 1.54) is 6.92 Å². The minimum Gasteiger partial charge on any atom is -0.460 e. The highest BCUT2D eigenvalue weighted by Gasteiger charge is 2.32. The summed E-state index contributed by atoms with van der Waals surface area (Å²) in [6, 6.07) is 20.4. The number of carbonyl (C=O) groups excluding carboxylic acids is 6. The van der Waals surface area contributed by atoms with Crippen molar-refractivity contribution in [2.24, 2.45) is 0 Å². The summed E-state index contributed by atoms with van der Waals surface area (Å²) in [5.74, 6) is -3.32. The quantitative estimate of drug-likeness (QED) is 0.115. The average molecular weight is 746 g/mol. The van der Waals surface area contributed by atoms with Crippen LogP contribution in [0.25, 0.3) is 11.1 Å². The molecule has 3 aromatic rings. The topological polar surface area (TPSA) is 166 Å². The number of ether oxygens (including phenoxy) is 3. The molecule has 0 unspecified atom stereocenters. The highest BCUT2D eigenvalue weighted by Crippen LogP contribution is 2.44. The van der Waals surface area contributed by atoms with Crippen molar-refractivity contribution in [3.63, 3.8) is 0 Å². The van der Waals surface area contributed by atoms with Crippen LogP contribution in [0.4, 0.5) is 10.5 Å². The molecular formula is C40H47N3O9S. The molecule has 0 saturated carbocycles. The van der Waals surface area contributed by atoms with Gasteiger partial charge in [-0.25, -0.2) is 9.59 Å². The van der Waals surface area contributed by atoms with Crippen molar-refractivity contribution in [3.05, 3.63) is 89.5 Å². The Kier molecular flexibility index (Phi) is 13.5. The second-order valence-corrected chi connectivity index (χ2v) is 15.9. The van der Waals surface area contributed by atoms with Crippen molar-refractivity contribution in [1.29, 1.82) is 0 Å². The summed E-state index contributed by atoms with van der Waals surface area (Å²) in [4.78, 5) is 76.2. The summed E-state index contributed by atoms with van der Waals surface area (Å²) >= 11 is 1.01. The van der Waals surface area contributed by atoms with Crippen LogP contribution in [0, 0.1) is 0 Å². The molecule has 12 nitrogen and oxygen atoms in total. The Bertz CT molecular complexity index is 1780. The lowest BCUT2D eigenvalue weighted by atomic mass is 9.98. The molecule has 0 fully saturated rings. The van der Waals surface area contributed by atoms with Crippen LogP contribution in [0.15, 0.2) is 72.8 Å². The van der Waals surface area contributed by atoms with Crippen molar-refractivity contribution >= 4 is 52.4 Å². The molecule has 13 heteroatoms. The maximum Gasteiger partial charge on any atom is 0.407 e. The normalized spacial score (nSPS) is 13.4. The Morgan fingerprint density at radius 2 is 1.32 bits per heavy atom. The van der Waals surface area contributed by atoms with E-state index in [1.807, 2.05) is 48.5 Å². The molecule has 0 bridgehead atoms. The maximum atomic E-state index is 13.8. The number of nitrogens with one attached hydrogen (secondary N) is 3. The van der Waals surface area contributed by atoms with Gasteiger partial charge in [0.1, 0.15) is 23.9 Å². The van der Waals surface area contributed by atoms with Gasteiger partial charge >= 0.3 is 23.9 Å². The standard InChI is InChI=1S/C40H47N3O9S/c1-24(44)53-23-27(20-25-16-18-26(19-17-25)41-36(47)37(48)52-40(5,6)7)42-35(46)33(21-34(45)51-39(2,3)4)43-38(49)50-22-32-30-14-10-8-12-28(30)29-13-9-11-15-31(29)32/h8-19,27,32-33H,20-23H2,1-7H3,(H,41,47)(H,42,46)(H,43,49)/t27-,33+/m1/s1. The third-order valence-electron chi connectivity index (χ3n) is 7.86. The Labute approximate surface area is 314 Å². The first-order valence-corrected chi connectivity index (χ1v) is 18.3. The predicted octanol–water partition coefficient (Wildman–Crippen LogP) is 5.91. The van der Waals surface area contributed by atoms with E-state index in [-0.39, 0.29) is 29.8 Å². The number of fused-ring (bicyclic) bond motifs is 3. The van der Waals surface area contributed by atoms with Gasteiger partial charge in [0.25, 0.3) is 0 Å². The molecule has 282 valence electrons. The lowest BCUT2D eigenvalue weighted by molar-refractivity contribution is -0.161. The molecule has 0 heterocycles. The summed E-state index contributed by atoms with van der Waals surface area (Å²) in [6.07, 6.45) is -1.09. The zero-order chi connectivity index (χ0) is 38.9. The number of hydrogen-bond acceptors (Lipinski definition) is 10. The van der Waals surface area contributed by atoms with E-state index < -0.39 is 59.6 Å². The molecule has 3 aromatic carbocycles. The Morgan fingerprint density at radius 3 is 1.87 bits per heavy atom. The van der Waals surface area contributed by atoms with Gasteiger partial charge in [-0.05, 0) is 87.9 Å². The molecule has 1 aliphatic rings. The van der Waals surface area contributed by atoms with Gasteiger partial charge in [-0.3, -0.25) is 19.2 Å². The third kappa shape index (κ3) is 12.5. The number of hydrogen-bond donors (Lipinski definition) is 3. The highest BCUT2D eigenvalue weighted by molar-refractivity contribution is 8.13. The third-order valence-corrected chi connectivity index (χ3v) is 8.83. The molecule has 3 N–H and O–H groups in total. The Hall–Kier alpha value is -5.17. The van der Waals surface area contributed by atoms with Crippen molar-refractivity contribution < 1.29 is 43.0 Å². The van der Waals surface area contributed by atoms with Crippen molar-refractivity contribution in [2.45, 2.75) is 90.5 Å². The Morgan fingerprint density at radius 1 is 0.755 bits per heavy atom. The molecule has 0 radical (unpaired) electrons. The van der Waals surface area contributed by atoms with Gasteiger partial charge in [0.15, 0.2) is 5.12 Å². The number of rotatable bonds is 12. The van der Waals surface area contributed by atoms with E-state index in [4.69, 9.17) is 14.2 Å². The van der Waals surface area contributed by atoms with E-state index in [0.29, 0.717) is 5.69 Å². The Balaban J connectivity index is 1.45. The van der Waals surface area contributed by atoms with E-state index >= 15 is 0 Å². The summed E-state index contributed by atoms with van der Waals surface area (Å²) < 4.78 is 16.2. The van der Waals surface area contributed by atoms with Gasteiger partial charge < -0.3 is 30.2 Å². The second kappa shape index (κ2) is 17.6. The van der Waals surface area contributed by atoms with Crippen LogP contribution >= 0.6 is 11.8 Å². The van der Waals surface area contributed by atoms with Crippen molar-refractivity contribution in [2.75, 3.05) is 17.7 Å². The van der Waals surface area contributed by atoms with Crippen LogP contribution in [0.5, 0.6) is 0 Å². The van der Waals surface area contributed by atoms with Gasteiger partial charge in [0.2, 0.25) is 5.91 Å². The van der Waals surface area contributed by atoms with Crippen LogP contribution in [-0.2, 0) is 44.6 Å². The van der Waals surface area contributed by atoms with Gasteiger partial charge in [0.05, 0.1) is 6.42 Å². The van der Waals surface area contributed by atoms with Gasteiger partial charge in [0, 0.05) is 30.3 Å². The minimum atomic E-state index is -1.35. The number of alkyl carbamates (subject to hydrolysis) is 1. The molecule has 1 aliphatic carbocycles. The van der Waals surface area contributed by atoms with E-state index in [1.54, 1.807) is 65.8 Å². The van der Waals surface area contributed by atoms with Crippen LogP contribution in [0.1, 0.15) is 77.5 Å².